The van der Waals surface area contributed by atoms with Crippen LogP contribution in [0.2, 0.25) is 0 Å². The predicted molar refractivity (Wildman–Crippen MR) is 81.3 cm³/mol. The van der Waals surface area contributed by atoms with Gasteiger partial charge in [0.05, 0.1) is 6.20 Å². The van der Waals surface area contributed by atoms with E-state index in [0.717, 1.165) is 23.5 Å². The molecule has 5 nitrogen and oxygen atoms in total. The Morgan fingerprint density at radius 3 is 2.89 bits per heavy atom. The third-order valence-corrected chi connectivity index (χ3v) is 6.82. The fourth-order valence-corrected chi connectivity index (χ4v) is 5.00. The van der Waals surface area contributed by atoms with Crippen molar-refractivity contribution in [1.82, 2.24) is 4.98 Å². The van der Waals surface area contributed by atoms with Crippen molar-refractivity contribution in [3.05, 3.63) is 6.20 Å². The minimum atomic E-state index is -3.64. The number of anilines is 1. The van der Waals surface area contributed by atoms with Crippen LogP contribution in [0.5, 0.6) is 0 Å². The molecule has 1 saturated carbocycles. The molecular weight excluding hydrogens is 302 g/mol. The summed E-state index contributed by atoms with van der Waals surface area (Å²) >= 11 is 3.07. The molecule has 2 atom stereocenters. The number of nitrogens with two attached hydrogens (primary N) is 1. The van der Waals surface area contributed by atoms with Crippen molar-refractivity contribution in [2.24, 2.45) is 5.14 Å². The van der Waals surface area contributed by atoms with Crippen LogP contribution in [-0.2, 0) is 10.0 Å². The summed E-state index contributed by atoms with van der Waals surface area (Å²) in [5.74, 6) is 1.10. The molecule has 0 radical (unpaired) electrons. The molecule has 1 aliphatic carbocycles. The highest BCUT2D eigenvalue weighted by atomic mass is 32.2. The number of rotatable bonds is 5. The predicted octanol–water partition coefficient (Wildman–Crippen LogP) is 2.27. The van der Waals surface area contributed by atoms with Crippen LogP contribution in [-0.4, -0.2) is 30.4 Å². The first kappa shape index (κ1) is 15.1. The second-order valence-electron chi connectivity index (χ2n) is 4.56. The summed E-state index contributed by atoms with van der Waals surface area (Å²) in [5, 5.41) is 9.70. The van der Waals surface area contributed by atoms with Crippen molar-refractivity contribution in [2.45, 2.75) is 48.1 Å². The van der Waals surface area contributed by atoms with Gasteiger partial charge in [-0.3, -0.25) is 0 Å². The molecule has 1 fully saturated rings. The van der Waals surface area contributed by atoms with Gasteiger partial charge in [-0.05, 0) is 18.6 Å². The van der Waals surface area contributed by atoms with Crippen molar-refractivity contribution in [3.63, 3.8) is 0 Å². The molecule has 1 aromatic rings. The molecule has 0 spiro atoms. The van der Waals surface area contributed by atoms with E-state index in [1.54, 1.807) is 0 Å². The molecule has 0 unspecified atom stereocenters. The number of nitrogens with one attached hydrogen (secondary N) is 1. The van der Waals surface area contributed by atoms with Gasteiger partial charge in [-0.2, -0.15) is 11.8 Å². The molecular formula is C11H19N3O2S3. The van der Waals surface area contributed by atoms with Crippen molar-refractivity contribution in [1.29, 1.82) is 0 Å². The summed E-state index contributed by atoms with van der Waals surface area (Å²) in [4.78, 5) is 4.11. The normalized spacial score (nSPS) is 24.3. The van der Waals surface area contributed by atoms with Gasteiger partial charge in [0.15, 0.2) is 9.34 Å². The summed E-state index contributed by atoms with van der Waals surface area (Å²) in [6.07, 6.45) is 6.14. The van der Waals surface area contributed by atoms with E-state index in [9.17, 15) is 8.42 Å². The molecule has 3 N–H and O–H groups in total. The Morgan fingerprint density at radius 1 is 1.53 bits per heavy atom. The van der Waals surface area contributed by atoms with E-state index in [2.05, 4.69) is 17.2 Å². The SMILES string of the molecule is CCS[C@H]1CCCC[C@H]1Nc1ncc(S(N)(=O)=O)s1. The van der Waals surface area contributed by atoms with E-state index in [-0.39, 0.29) is 4.21 Å². The zero-order valence-electron chi connectivity index (χ0n) is 10.8. The summed E-state index contributed by atoms with van der Waals surface area (Å²) < 4.78 is 22.6. The lowest BCUT2D eigenvalue weighted by molar-refractivity contribution is 0.474. The second-order valence-corrected chi connectivity index (χ2v) is 8.89. The molecule has 1 aliphatic rings. The third-order valence-electron chi connectivity index (χ3n) is 3.16. The summed E-state index contributed by atoms with van der Waals surface area (Å²) in [6, 6.07) is 0.373. The van der Waals surface area contributed by atoms with E-state index < -0.39 is 10.0 Å². The summed E-state index contributed by atoms with van der Waals surface area (Å²) in [6.45, 7) is 2.17. The van der Waals surface area contributed by atoms with Gasteiger partial charge < -0.3 is 5.32 Å². The number of primary sulfonamides is 1. The summed E-state index contributed by atoms with van der Waals surface area (Å²) in [7, 11) is -3.64. The average Bonchev–Trinajstić information content (AvgIpc) is 2.80. The largest absolute Gasteiger partial charge is 0.358 e. The molecule has 0 amide bonds. The maximum atomic E-state index is 11.2. The van der Waals surface area contributed by atoms with Gasteiger partial charge in [-0.15, -0.1) is 0 Å². The highest BCUT2D eigenvalue weighted by Crippen LogP contribution is 2.32. The van der Waals surface area contributed by atoms with E-state index >= 15 is 0 Å². The molecule has 8 heteroatoms. The molecule has 0 aromatic carbocycles. The van der Waals surface area contributed by atoms with Gasteiger partial charge in [0.25, 0.3) is 0 Å². The van der Waals surface area contributed by atoms with Crippen LogP contribution in [0.4, 0.5) is 5.13 Å². The number of thioether (sulfide) groups is 1. The van der Waals surface area contributed by atoms with E-state index in [1.165, 1.54) is 25.5 Å². The van der Waals surface area contributed by atoms with Crippen LogP contribution in [0.25, 0.3) is 0 Å². The Balaban J connectivity index is 2.04. The van der Waals surface area contributed by atoms with Gasteiger partial charge in [-0.25, -0.2) is 18.5 Å². The van der Waals surface area contributed by atoms with Gasteiger partial charge in [0, 0.05) is 11.3 Å². The van der Waals surface area contributed by atoms with Crippen molar-refractivity contribution < 1.29 is 8.42 Å². The van der Waals surface area contributed by atoms with Gasteiger partial charge >= 0.3 is 0 Å². The van der Waals surface area contributed by atoms with Crippen LogP contribution in [0.1, 0.15) is 32.6 Å². The van der Waals surface area contributed by atoms with Gasteiger partial charge in [-0.1, -0.05) is 31.1 Å². The highest BCUT2D eigenvalue weighted by Gasteiger charge is 2.26. The number of hydrogen-bond acceptors (Lipinski definition) is 6. The molecule has 19 heavy (non-hydrogen) atoms. The highest BCUT2D eigenvalue weighted by molar-refractivity contribution is 7.99. The number of hydrogen-bond donors (Lipinski definition) is 2. The average molecular weight is 321 g/mol. The van der Waals surface area contributed by atoms with Crippen LogP contribution in [0.3, 0.4) is 0 Å². The van der Waals surface area contributed by atoms with Crippen molar-refractivity contribution in [3.8, 4) is 0 Å². The lowest BCUT2D eigenvalue weighted by atomic mass is 9.95. The Morgan fingerprint density at radius 2 is 2.26 bits per heavy atom. The van der Waals surface area contributed by atoms with E-state index in [1.807, 2.05) is 11.8 Å². The van der Waals surface area contributed by atoms with Gasteiger partial charge in [0.2, 0.25) is 10.0 Å². The number of aromatic nitrogens is 1. The zero-order valence-corrected chi connectivity index (χ0v) is 13.3. The molecule has 108 valence electrons. The van der Waals surface area contributed by atoms with Crippen molar-refractivity contribution >= 4 is 38.3 Å². The number of nitrogens with zero attached hydrogens (tertiary/aromatic N) is 1. The Hall–Kier alpha value is -0.310. The monoisotopic (exact) mass is 321 g/mol. The quantitative estimate of drug-likeness (QED) is 0.869. The van der Waals surface area contributed by atoms with Crippen molar-refractivity contribution in [2.75, 3.05) is 11.1 Å². The molecule has 0 aliphatic heterocycles. The standard InChI is InChI=1S/C11H19N3O2S3/c1-2-17-9-6-4-3-5-8(9)14-11-13-7-10(18-11)19(12,15)16/h7-9H,2-6H2,1H3,(H,13,14)(H2,12,15,16)/t8-,9+/m1/s1. The maximum Gasteiger partial charge on any atom is 0.249 e. The lowest BCUT2D eigenvalue weighted by Gasteiger charge is -2.31. The Labute approximate surface area is 122 Å². The lowest BCUT2D eigenvalue weighted by Crippen LogP contribution is -2.34. The van der Waals surface area contributed by atoms with Gasteiger partial charge in [0.1, 0.15) is 0 Å². The Bertz CT molecular complexity index is 513. The second kappa shape index (κ2) is 6.43. The maximum absolute atomic E-state index is 11.2. The topological polar surface area (TPSA) is 85.1 Å². The van der Waals surface area contributed by atoms with Crippen LogP contribution >= 0.6 is 23.1 Å². The first-order chi connectivity index (χ1) is 9.00. The van der Waals surface area contributed by atoms with Crippen LogP contribution in [0, 0.1) is 0 Å². The van der Waals surface area contributed by atoms with E-state index in [0.29, 0.717) is 16.4 Å². The fourth-order valence-electron chi connectivity index (χ4n) is 2.29. The number of thiazole rings is 1. The first-order valence-electron chi connectivity index (χ1n) is 6.37. The van der Waals surface area contributed by atoms with E-state index in [4.69, 9.17) is 5.14 Å². The first-order valence-corrected chi connectivity index (χ1v) is 9.78. The molecule has 2 rings (SSSR count). The molecule has 0 saturated heterocycles. The smallest absolute Gasteiger partial charge is 0.249 e. The van der Waals surface area contributed by atoms with Crippen LogP contribution in [0.15, 0.2) is 10.4 Å². The minimum absolute atomic E-state index is 0.116. The van der Waals surface area contributed by atoms with Crippen LogP contribution < -0.4 is 10.5 Å². The molecule has 1 aromatic heterocycles. The molecule has 0 bridgehead atoms. The number of sulfonamides is 1. The Kier molecular flexibility index (Phi) is 5.10. The minimum Gasteiger partial charge on any atom is -0.358 e. The fraction of sp³-hybridized carbons (Fsp3) is 0.727. The zero-order chi connectivity index (χ0) is 13.9. The summed E-state index contributed by atoms with van der Waals surface area (Å²) in [5.41, 5.74) is 0. The third kappa shape index (κ3) is 4.08. The molecule has 1 heterocycles.